The van der Waals surface area contributed by atoms with Gasteiger partial charge >= 0.3 is 6.18 Å². The number of aryl methyl sites for hydroxylation is 1. The molecule has 35 heavy (non-hydrogen) atoms. The van der Waals surface area contributed by atoms with E-state index in [4.69, 9.17) is 16.3 Å². The van der Waals surface area contributed by atoms with E-state index in [9.17, 15) is 26.7 Å². The van der Waals surface area contributed by atoms with Crippen LogP contribution in [0.2, 0.25) is 5.02 Å². The first kappa shape index (κ1) is 24.8. The van der Waals surface area contributed by atoms with Crippen LogP contribution in [0.25, 0.3) is 11.0 Å². The van der Waals surface area contributed by atoms with Crippen molar-refractivity contribution < 1.29 is 31.4 Å². The van der Waals surface area contributed by atoms with Crippen molar-refractivity contribution in [3.8, 4) is 5.75 Å². The molecule has 0 aliphatic carbocycles. The Bertz CT molecular complexity index is 1520. The number of nitrogens with one attached hydrogen (secondary N) is 2. The van der Waals surface area contributed by atoms with Crippen molar-refractivity contribution in [3.63, 3.8) is 0 Å². The smallest absolute Gasteiger partial charge is 0.417 e. The summed E-state index contributed by atoms with van der Waals surface area (Å²) in [6.07, 6.45) is -1.91. The third-order valence-corrected chi connectivity index (χ3v) is 6.89. The Kier molecular flexibility index (Phi) is 6.38. The van der Waals surface area contributed by atoms with E-state index >= 15 is 0 Å². The molecule has 3 heterocycles. The molecule has 0 bridgehead atoms. The van der Waals surface area contributed by atoms with Crippen molar-refractivity contribution in [2.75, 3.05) is 11.8 Å². The van der Waals surface area contributed by atoms with Gasteiger partial charge in [-0.05, 0) is 42.8 Å². The van der Waals surface area contributed by atoms with Gasteiger partial charge in [0, 0.05) is 23.3 Å². The number of aliphatic hydroxyl groups is 1. The van der Waals surface area contributed by atoms with Crippen LogP contribution in [-0.4, -0.2) is 35.6 Å². The molecule has 3 aromatic heterocycles. The van der Waals surface area contributed by atoms with Gasteiger partial charge in [-0.2, -0.15) is 13.2 Å². The van der Waals surface area contributed by atoms with Crippen LogP contribution in [0.15, 0.2) is 53.8 Å². The molecule has 0 amide bonds. The van der Waals surface area contributed by atoms with E-state index in [0.29, 0.717) is 22.7 Å². The number of nitrogens with zero attached hydrogens (tertiary/aromatic N) is 2. The number of ether oxygens (including phenoxy) is 1. The number of alkyl halides is 3. The molecule has 0 saturated heterocycles. The number of hydrogen-bond acceptors (Lipinski definition) is 6. The topological polar surface area (TPSA) is 117 Å². The largest absolute Gasteiger partial charge is 0.495 e. The Balaban J connectivity index is 1.81. The number of anilines is 1. The number of aromatic amines is 1. The van der Waals surface area contributed by atoms with E-state index in [0.717, 1.165) is 12.1 Å². The molecule has 0 spiro atoms. The number of pyridine rings is 2. The number of H-pyrrole nitrogens is 1. The highest BCUT2D eigenvalue weighted by Gasteiger charge is 2.35. The predicted molar refractivity (Wildman–Crippen MR) is 123 cm³/mol. The fourth-order valence-corrected chi connectivity index (χ4v) is 4.88. The van der Waals surface area contributed by atoms with Gasteiger partial charge in [0.05, 0.1) is 40.2 Å². The molecule has 8 nitrogen and oxygen atoms in total. The van der Waals surface area contributed by atoms with Gasteiger partial charge in [-0.25, -0.2) is 13.4 Å². The standard InChI is InChI=1S/C22H18ClF3N4O4S/c1-11-7-16(30-35(32,33)12-3-4-15(23)14(8-12)22(24,25)26)19(28-9-11)20(31)18-13-5-6-27-21(13)29-10-17(18)34-2/h3-10,20,30-31H,1-2H3,(H,27,29). The van der Waals surface area contributed by atoms with Gasteiger partial charge in [-0.3, -0.25) is 9.71 Å². The van der Waals surface area contributed by atoms with Crippen molar-refractivity contribution in [3.05, 3.63) is 76.3 Å². The molecular weight excluding hydrogens is 509 g/mol. The molecule has 1 unspecified atom stereocenters. The van der Waals surface area contributed by atoms with Crippen LogP contribution in [0.3, 0.4) is 0 Å². The first-order chi connectivity index (χ1) is 16.4. The first-order valence-corrected chi connectivity index (χ1v) is 11.8. The lowest BCUT2D eigenvalue weighted by atomic mass is 10.0. The zero-order valence-corrected chi connectivity index (χ0v) is 19.8. The number of aliphatic hydroxyl groups excluding tert-OH is 1. The van der Waals surface area contributed by atoms with E-state index in [2.05, 4.69) is 19.7 Å². The Morgan fingerprint density at radius 2 is 1.91 bits per heavy atom. The molecule has 13 heteroatoms. The summed E-state index contributed by atoms with van der Waals surface area (Å²) >= 11 is 5.62. The summed E-state index contributed by atoms with van der Waals surface area (Å²) in [5.41, 5.74) is -0.226. The highest BCUT2D eigenvalue weighted by Crippen LogP contribution is 2.39. The minimum Gasteiger partial charge on any atom is -0.495 e. The Labute approximate surface area is 202 Å². The van der Waals surface area contributed by atoms with Crippen molar-refractivity contribution in [2.24, 2.45) is 0 Å². The minimum absolute atomic E-state index is 0.0869. The maximum absolute atomic E-state index is 13.3. The summed E-state index contributed by atoms with van der Waals surface area (Å²) in [4.78, 5) is 10.6. The zero-order valence-electron chi connectivity index (χ0n) is 18.2. The molecule has 0 saturated carbocycles. The third-order valence-electron chi connectivity index (χ3n) is 5.20. The average Bonchev–Trinajstić information content (AvgIpc) is 3.26. The number of rotatable bonds is 6. The molecule has 0 radical (unpaired) electrons. The summed E-state index contributed by atoms with van der Waals surface area (Å²) in [7, 11) is -3.14. The van der Waals surface area contributed by atoms with Gasteiger partial charge < -0.3 is 14.8 Å². The SMILES string of the molecule is COc1cnc2[nH]ccc2c1C(O)c1ncc(C)cc1NS(=O)(=O)c1ccc(Cl)c(C(F)(F)F)c1. The Morgan fingerprint density at radius 1 is 1.17 bits per heavy atom. The van der Waals surface area contributed by atoms with E-state index in [1.807, 2.05) is 0 Å². The molecular formula is C22H18ClF3N4O4S. The van der Waals surface area contributed by atoms with Crippen LogP contribution < -0.4 is 9.46 Å². The van der Waals surface area contributed by atoms with Gasteiger partial charge in [0.25, 0.3) is 10.0 Å². The number of methoxy groups -OCH3 is 1. The highest BCUT2D eigenvalue weighted by atomic mass is 35.5. The summed E-state index contributed by atoms with van der Waals surface area (Å²) in [5, 5.41) is 11.1. The average molecular weight is 527 g/mol. The summed E-state index contributed by atoms with van der Waals surface area (Å²) in [5.74, 6) is 0.230. The molecule has 3 N–H and O–H groups in total. The Morgan fingerprint density at radius 3 is 2.60 bits per heavy atom. The first-order valence-electron chi connectivity index (χ1n) is 9.96. The van der Waals surface area contributed by atoms with Crippen LogP contribution >= 0.6 is 11.6 Å². The van der Waals surface area contributed by atoms with Gasteiger partial charge in [-0.15, -0.1) is 0 Å². The maximum atomic E-state index is 13.3. The number of halogens is 4. The maximum Gasteiger partial charge on any atom is 0.417 e. The number of aromatic nitrogens is 3. The lowest BCUT2D eigenvalue weighted by molar-refractivity contribution is -0.137. The molecule has 4 rings (SSSR count). The van der Waals surface area contributed by atoms with Gasteiger partial charge in [0.1, 0.15) is 17.5 Å². The van der Waals surface area contributed by atoms with Gasteiger partial charge in [0.2, 0.25) is 0 Å². The molecule has 0 aliphatic rings. The van der Waals surface area contributed by atoms with E-state index in [1.54, 1.807) is 19.2 Å². The monoisotopic (exact) mass is 526 g/mol. The van der Waals surface area contributed by atoms with E-state index in [-0.39, 0.29) is 22.7 Å². The quantitative estimate of drug-likeness (QED) is 0.331. The summed E-state index contributed by atoms with van der Waals surface area (Å²) in [6, 6.07) is 5.32. The van der Waals surface area contributed by atoms with E-state index in [1.165, 1.54) is 25.6 Å². The number of hydrogen-bond donors (Lipinski definition) is 3. The van der Waals surface area contributed by atoms with Crippen molar-refractivity contribution >= 4 is 38.3 Å². The zero-order chi connectivity index (χ0) is 25.5. The van der Waals surface area contributed by atoms with Crippen LogP contribution in [0.5, 0.6) is 5.75 Å². The van der Waals surface area contributed by atoms with Crippen molar-refractivity contribution in [1.29, 1.82) is 0 Å². The number of sulfonamides is 1. The fourth-order valence-electron chi connectivity index (χ4n) is 3.56. The molecule has 0 fully saturated rings. The second-order valence-electron chi connectivity index (χ2n) is 7.57. The number of fused-ring (bicyclic) bond motifs is 1. The second kappa shape index (κ2) is 9.02. The highest BCUT2D eigenvalue weighted by molar-refractivity contribution is 7.92. The van der Waals surface area contributed by atoms with Crippen LogP contribution in [0.1, 0.15) is 28.5 Å². The fraction of sp³-hybridized carbons (Fsp3) is 0.182. The lowest BCUT2D eigenvalue weighted by Gasteiger charge is -2.19. The summed E-state index contributed by atoms with van der Waals surface area (Å²) < 4.78 is 73.5. The minimum atomic E-state index is -4.85. The number of benzene rings is 1. The molecule has 1 aromatic carbocycles. The van der Waals surface area contributed by atoms with Gasteiger partial charge in [0.15, 0.2) is 0 Å². The second-order valence-corrected chi connectivity index (χ2v) is 9.66. The predicted octanol–water partition coefficient (Wildman–Crippen LogP) is 4.83. The van der Waals surface area contributed by atoms with Crippen molar-refractivity contribution in [1.82, 2.24) is 15.0 Å². The molecule has 0 aliphatic heterocycles. The van der Waals surface area contributed by atoms with Gasteiger partial charge in [-0.1, -0.05) is 11.6 Å². The summed E-state index contributed by atoms with van der Waals surface area (Å²) in [6.45, 7) is 1.64. The third kappa shape index (κ3) is 4.77. The molecule has 1 atom stereocenters. The van der Waals surface area contributed by atoms with E-state index < -0.39 is 37.8 Å². The normalized spacial score (nSPS) is 13.1. The van der Waals surface area contributed by atoms with Crippen LogP contribution in [0, 0.1) is 6.92 Å². The Hall–Kier alpha value is -3.35. The van der Waals surface area contributed by atoms with Crippen LogP contribution in [0.4, 0.5) is 18.9 Å². The molecule has 4 aromatic rings. The van der Waals surface area contributed by atoms with Crippen molar-refractivity contribution in [2.45, 2.75) is 24.1 Å². The van der Waals surface area contributed by atoms with Crippen LogP contribution in [-0.2, 0) is 16.2 Å². The molecule has 184 valence electrons. The lowest BCUT2D eigenvalue weighted by Crippen LogP contribution is -2.18.